The summed E-state index contributed by atoms with van der Waals surface area (Å²) in [6, 6.07) is 3.24. The first kappa shape index (κ1) is 12.7. The Morgan fingerprint density at radius 3 is 2.81 bits per heavy atom. The van der Waals surface area contributed by atoms with E-state index in [9.17, 15) is 4.79 Å². The Morgan fingerprint density at radius 2 is 2.25 bits per heavy atom. The van der Waals surface area contributed by atoms with E-state index in [2.05, 4.69) is 26.0 Å². The number of rotatable bonds is 2. The van der Waals surface area contributed by atoms with Gasteiger partial charge in [0.25, 0.3) is 0 Å². The normalized spacial score (nSPS) is 9.88. The lowest BCUT2D eigenvalue weighted by Crippen LogP contribution is -1.98. The Bertz CT molecular complexity index is 543. The second-order valence-electron chi connectivity index (χ2n) is 2.70. The fraction of sp³-hybridized carbons (Fsp3) is 0.125. The first-order valence-electron chi connectivity index (χ1n) is 3.96. The predicted octanol–water partition coefficient (Wildman–Crippen LogP) is 1.62. The van der Waals surface area contributed by atoms with Gasteiger partial charge in [-0.05, 0) is 22.0 Å². The number of halogens is 2. The zero-order chi connectivity index (χ0) is 11.0. The van der Waals surface area contributed by atoms with Gasteiger partial charge < -0.3 is 9.84 Å². The molecule has 2 heterocycles. The average molecular weight is 309 g/mol. The smallest absolute Gasteiger partial charge is 0.357 e. The molecule has 0 fully saturated rings. The molecule has 0 aliphatic heterocycles. The standard InChI is InChI=1S/C8H6BrN3O3.ClH/c1-15-5-3-2-4-10-6(8(13)14)7(9)12(4)11-5;/h2-3H,1H3,(H,13,14);1H. The third-order valence-electron chi connectivity index (χ3n) is 1.81. The Morgan fingerprint density at radius 1 is 1.56 bits per heavy atom. The molecule has 8 heteroatoms. The number of nitrogens with zero attached hydrogens (tertiary/aromatic N) is 3. The fourth-order valence-electron chi connectivity index (χ4n) is 1.13. The van der Waals surface area contributed by atoms with Crippen LogP contribution in [0.1, 0.15) is 10.5 Å². The summed E-state index contributed by atoms with van der Waals surface area (Å²) in [6.07, 6.45) is 0. The summed E-state index contributed by atoms with van der Waals surface area (Å²) in [6.45, 7) is 0. The van der Waals surface area contributed by atoms with E-state index >= 15 is 0 Å². The maximum absolute atomic E-state index is 10.8. The number of methoxy groups -OCH3 is 1. The number of fused-ring (bicyclic) bond motifs is 1. The van der Waals surface area contributed by atoms with Crippen LogP contribution in [0.5, 0.6) is 5.88 Å². The molecule has 0 aliphatic rings. The highest BCUT2D eigenvalue weighted by atomic mass is 79.9. The van der Waals surface area contributed by atoms with Crippen molar-refractivity contribution in [1.29, 1.82) is 0 Å². The number of carboxylic acids is 1. The molecule has 2 rings (SSSR count). The van der Waals surface area contributed by atoms with Crippen LogP contribution in [0.25, 0.3) is 5.65 Å². The van der Waals surface area contributed by atoms with Crippen molar-refractivity contribution in [2.75, 3.05) is 7.11 Å². The monoisotopic (exact) mass is 307 g/mol. The first-order valence-corrected chi connectivity index (χ1v) is 4.75. The van der Waals surface area contributed by atoms with Crippen LogP contribution in [0, 0.1) is 0 Å². The molecular formula is C8H7BrClN3O3. The van der Waals surface area contributed by atoms with E-state index in [1.807, 2.05) is 0 Å². The maximum atomic E-state index is 10.8. The van der Waals surface area contributed by atoms with Gasteiger partial charge in [0.1, 0.15) is 4.60 Å². The number of hydrogen-bond acceptors (Lipinski definition) is 4. The SMILES string of the molecule is COc1ccc2nc(C(=O)O)c(Br)n2n1.Cl. The van der Waals surface area contributed by atoms with Gasteiger partial charge >= 0.3 is 5.97 Å². The van der Waals surface area contributed by atoms with Gasteiger partial charge in [-0.1, -0.05) is 0 Å². The van der Waals surface area contributed by atoms with Crippen LogP contribution < -0.4 is 4.74 Å². The van der Waals surface area contributed by atoms with Crippen LogP contribution in [-0.4, -0.2) is 32.8 Å². The van der Waals surface area contributed by atoms with Crippen molar-refractivity contribution in [2.24, 2.45) is 0 Å². The summed E-state index contributed by atoms with van der Waals surface area (Å²) < 4.78 is 6.58. The summed E-state index contributed by atoms with van der Waals surface area (Å²) in [7, 11) is 1.48. The number of imidazole rings is 1. The van der Waals surface area contributed by atoms with E-state index in [0.717, 1.165) is 0 Å². The number of ether oxygens (including phenoxy) is 1. The topological polar surface area (TPSA) is 76.7 Å². The van der Waals surface area contributed by atoms with Gasteiger partial charge in [-0.15, -0.1) is 17.5 Å². The van der Waals surface area contributed by atoms with Crippen LogP contribution in [0.4, 0.5) is 0 Å². The van der Waals surface area contributed by atoms with E-state index in [1.54, 1.807) is 12.1 Å². The van der Waals surface area contributed by atoms with E-state index in [-0.39, 0.29) is 18.1 Å². The molecule has 0 spiro atoms. The Hall–Kier alpha value is -1.34. The molecule has 6 nitrogen and oxygen atoms in total. The minimum atomic E-state index is -1.11. The fourth-order valence-corrected chi connectivity index (χ4v) is 1.65. The summed E-state index contributed by atoms with van der Waals surface area (Å²) >= 11 is 3.12. The number of carboxylic acid groups (broad SMARTS) is 1. The molecule has 0 aromatic carbocycles. The quantitative estimate of drug-likeness (QED) is 0.912. The number of hydrogen-bond donors (Lipinski definition) is 1. The molecule has 16 heavy (non-hydrogen) atoms. The van der Waals surface area contributed by atoms with Crippen LogP contribution >= 0.6 is 28.3 Å². The molecule has 0 amide bonds. The molecule has 0 saturated heterocycles. The van der Waals surface area contributed by atoms with Gasteiger partial charge in [0.15, 0.2) is 11.3 Å². The molecule has 0 radical (unpaired) electrons. The van der Waals surface area contributed by atoms with Crippen molar-refractivity contribution in [2.45, 2.75) is 0 Å². The number of carbonyl (C=O) groups is 1. The number of aromatic nitrogens is 3. The lowest BCUT2D eigenvalue weighted by Gasteiger charge is -1.98. The lowest BCUT2D eigenvalue weighted by atomic mass is 10.5. The second-order valence-corrected chi connectivity index (χ2v) is 3.45. The van der Waals surface area contributed by atoms with Gasteiger partial charge in [-0.25, -0.2) is 14.3 Å². The van der Waals surface area contributed by atoms with Crippen LogP contribution in [0.3, 0.4) is 0 Å². The van der Waals surface area contributed by atoms with E-state index in [0.29, 0.717) is 16.1 Å². The summed E-state index contributed by atoms with van der Waals surface area (Å²) in [4.78, 5) is 14.7. The zero-order valence-corrected chi connectivity index (χ0v) is 10.4. The molecule has 2 aromatic rings. The summed E-state index contributed by atoms with van der Waals surface area (Å²) in [5, 5.41) is 12.8. The summed E-state index contributed by atoms with van der Waals surface area (Å²) in [5.41, 5.74) is 0.371. The zero-order valence-electron chi connectivity index (χ0n) is 8.05. The lowest BCUT2D eigenvalue weighted by molar-refractivity contribution is 0.0690. The second kappa shape index (κ2) is 4.67. The van der Waals surface area contributed by atoms with E-state index < -0.39 is 5.97 Å². The van der Waals surface area contributed by atoms with Crippen LogP contribution in [-0.2, 0) is 0 Å². The highest BCUT2D eigenvalue weighted by Crippen LogP contribution is 2.19. The van der Waals surface area contributed by atoms with Crippen molar-refractivity contribution < 1.29 is 14.6 Å². The number of aromatic carboxylic acids is 1. The molecular weight excluding hydrogens is 301 g/mol. The third kappa shape index (κ3) is 1.96. The molecule has 86 valence electrons. The van der Waals surface area contributed by atoms with E-state index in [1.165, 1.54) is 11.6 Å². The highest BCUT2D eigenvalue weighted by molar-refractivity contribution is 9.10. The minimum absolute atomic E-state index is 0. The molecule has 0 bridgehead atoms. The van der Waals surface area contributed by atoms with Crippen molar-refractivity contribution in [3.05, 3.63) is 22.4 Å². The Balaban J connectivity index is 0.00000128. The molecule has 0 aliphatic carbocycles. The van der Waals surface area contributed by atoms with Crippen molar-refractivity contribution >= 4 is 40.0 Å². The van der Waals surface area contributed by atoms with Gasteiger partial charge in [0.2, 0.25) is 5.88 Å². The third-order valence-corrected chi connectivity index (χ3v) is 2.52. The molecule has 0 saturated carbocycles. The summed E-state index contributed by atoms with van der Waals surface area (Å²) in [5.74, 6) is -0.719. The highest BCUT2D eigenvalue weighted by Gasteiger charge is 2.17. The Labute approximate surface area is 105 Å². The molecule has 0 unspecified atom stereocenters. The van der Waals surface area contributed by atoms with E-state index in [4.69, 9.17) is 9.84 Å². The first-order chi connectivity index (χ1) is 7.13. The molecule has 2 aromatic heterocycles. The van der Waals surface area contributed by atoms with Crippen molar-refractivity contribution in [3.63, 3.8) is 0 Å². The largest absolute Gasteiger partial charge is 0.480 e. The molecule has 0 atom stereocenters. The van der Waals surface area contributed by atoms with Crippen LogP contribution in [0.2, 0.25) is 0 Å². The molecule has 1 N–H and O–H groups in total. The maximum Gasteiger partial charge on any atom is 0.357 e. The van der Waals surface area contributed by atoms with Crippen molar-refractivity contribution in [3.8, 4) is 5.88 Å². The Kier molecular flexibility index (Phi) is 3.71. The van der Waals surface area contributed by atoms with Gasteiger partial charge in [-0.2, -0.15) is 0 Å². The van der Waals surface area contributed by atoms with Gasteiger partial charge in [0, 0.05) is 6.07 Å². The minimum Gasteiger partial charge on any atom is -0.480 e. The van der Waals surface area contributed by atoms with Gasteiger partial charge in [0.05, 0.1) is 7.11 Å². The predicted molar refractivity (Wildman–Crippen MR) is 61.4 cm³/mol. The van der Waals surface area contributed by atoms with Crippen molar-refractivity contribution in [1.82, 2.24) is 14.6 Å². The van der Waals surface area contributed by atoms with Gasteiger partial charge in [-0.3, -0.25) is 0 Å². The van der Waals surface area contributed by atoms with Crippen LogP contribution in [0.15, 0.2) is 16.7 Å². The average Bonchev–Trinajstić information content (AvgIpc) is 2.56.